The van der Waals surface area contributed by atoms with Crippen molar-refractivity contribution in [2.75, 3.05) is 0 Å². The molecule has 1 heterocycles. The number of benzene rings is 1. The highest BCUT2D eigenvalue weighted by atomic mass is 32.1. The van der Waals surface area contributed by atoms with Crippen LogP contribution in [-0.4, -0.2) is 6.04 Å². The van der Waals surface area contributed by atoms with Gasteiger partial charge in [-0.05, 0) is 47.9 Å². The Labute approximate surface area is 130 Å². The van der Waals surface area contributed by atoms with E-state index in [1.165, 1.54) is 25.7 Å². The molecule has 1 nitrogen and oxygen atoms in total. The van der Waals surface area contributed by atoms with Crippen LogP contribution in [-0.2, 0) is 6.54 Å². The first-order valence-corrected chi connectivity index (χ1v) is 8.67. The number of thiophene rings is 1. The van der Waals surface area contributed by atoms with Crippen molar-refractivity contribution in [2.24, 2.45) is 5.92 Å². The highest BCUT2D eigenvalue weighted by Gasteiger charge is 2.20. The van der Waals surface area contributed by atoms with Gasteiger partial charge in [-0.25, -0.2) is 4.39 Å². The van der Waals surface area contributed by atoms with Crippen molar-refractivity contribution in [3.63, 3.8) is 0 Å². The predicted octanol–water partition coefficient (Wildman–Crippen LogP) is 5.22. The van der Waals surface area contributed by atoms with Crippen molar-refractivity contribution in [3.8, 4) is 10.4 Å². The smallest absolute Gasteiger partial charge is 0.131 e. The van der Waals surface area contributed by atoms with Crippen LogP contribution in [0.4, 0.5) is 4.39 Å². The second kappa shape index (κ2) is 6.71. The molecule has 1 fully saturated rings. The number of nitrogens with one attached hydrogen (secondary N) is 1. The second-order valence-corrected chi connectivity index (χ2v) is 6.99. The molecule has 1 aliphatic rings. The Morgan fingerprint density at radius 3 is 2.86 bits per heavy atom. The topological polar surface area (TPSA) is 12.0 Å². The number of rotatable bonds is 4. The summed E-state index contributed by atoms with van der Waals surface area (Å²) in [5.74, 6) is 0.614. The van der Waals surface area contributed by atoms with Gasteiger partial charge in [-0.3, -0.25) is 0 Å². The minimum absolute atomic E-state index is 0.132. The molecule has 3 heteroatoms. The van der Waals surface area contributed by atoms with Gasteiger partial charge in [0.25, 0.3) is 0 Å². The van der Waals surface area contributed by atoms with E-state index in [-0.39, 0.29) is 5.82 Å². The minimum Gasteiger partial charge on any atom is -0.310 e. The molecule has 0 aliphatic heterocycles. The lowest BCUT2D eigenvalue weighted by Gasteiger charge is -2.29. The lowest BCUT2D eigenvalue weighted by atomic mass is 9.86. The number of hydrogen-bond donors (Lipinski definition) is 1. The average Bonchev–Trinajstić information content (AvgIpc) is 3.02. The first-order valence-electron chi connectivity index (χ1n) is 7.80. The molecule has 1 N–H and O–H groups in total. The van der Waals surface area contributed by atoms with Crippen LogP contribution in [0.1, 0.15) is 38.2 Å². The summed E-state index contributed by atoms with van der Waals surface area (Å²) in [5, 5.41) is 5.65. The second-order valence-electron chi connectivity index (χ2n) is 6.04. The lowest BCUT2D eigenvalue weighted by Crippen LogP contribution is -2.36. The molecule has 3 rings (SSSR count). The van der Waals surface area contributed by atoms with Crippen molar-refractivity contribution in [3.05, 3.63) is 47.1 Å². The molecule has 0 radical (unpaired) electrons. The molecule has 0 amide bonds. The van der Waals surface area contributed by atoms with Crippen LogP contribution in [0, 0.1) is 11.7 Å². The van der Waals surface area contributed by atoms with Gasteiger partial charge in [-0.15, -0.1) is 11.3 Å². The Kier molecular flexibility index (Phi) is 4.71. The molecule has 0 saturated heterocycles. The summed E-state index contributed by atoms with van der Waals surface area (Å²) in [6.45, 7) is 3.16. The molecule has 1 saturated carbocycles. The van der Waals surface area contributed by atoms with Crippen LogP contribution >= 0.6 is 11.3 Å². The van der Waals surface area contributed by atoms with Gasteiger partial charge in [-0.2, -0.15) is 0 Å². The summed E-state index contributed by atoms with van der Waals surface area (Å²) in [7, 11) is 0. The molecule has 2 aromatic rings. The van der Waals surface area contributed by atoms with Crippen LogP contribution in [0.5, 0.6) is 0 Å². The number of halogens is 1. The molecule has 112 valence electrons. The van der Waals surface area contributed by atoms with Crippen molar-refractivity contribution >= 4 is 11.3 Å². The fourth-order valence-electron chi connectivity index (χ4n) is 3.17. The van der Waals surface area contributed by atoms with E-state index in [4.69, 9.17) is 0 Å². The predicted molar refractivity (Wildman–Crippen MR) is 88.0 cm³/mol. The summed E-state index contributed by atoms with van der Waals surface area (Å²) in [4.78, 5) is 1.00. The van der Waals surface area contributed by atoms with Crippen molar-refractivity contribution in [1.29, 1.82) is 0 Å². The molecule has 1 aromatic heterocycles. The normalized spacial score (nSPS) is 22.4. The maximum Gasteiger partial charge on any atom is 0.131 e. The van der Waals surface area contributed by atoms with Crippen molar-refractivity contribution in [2.45, 2.75) is 45.2 Å². The van der Waals surface area contributed by atoms with Crippen LogP contribution < -0.4 is 5.32 Å². The van der Waals surface area contributed by atoms with Gasteiger partial charge in [0, 0.05) is 23.0 Å². The van der Waals surface area contributed by atoms with Gasteiger partial charge in [0.2, 0.25) is 0 Å². The molecule has 2 atom stereocenters. The SMILES string of the molecule is CC1CCCCC1NCc1ccc(F)c(-c2cccs2)c1. The maximum atomic E-state index is 14.0. The maximum absolute atomic E-state index is 14.0. The zero-order valence-corrected chi connectivity index (χ0v) is 13.3. The molecule has 1 aromatic carbocycles. The highest BCUT2D eigenvalue weighted by Crippen LogP contribution is 2.28. The molecular weight excluding hydrogens is 281 g/mol. The Hall–Kier alpha value is -1.19. The fourth-order valence-corrected chi connectivity index (χ4v) is 3.92. The van der Waals surface area contributed by atoms with Crippen LogP contribution in [0.3, 0.4) is 0 Å². The van der Waals surface area contributed by atoms with E-state index in [0.29, 0.717) is 6.04 Å². The zero-order chi connectivity index (χ0) is 14.7. The van der Waals surface area contributed by atoms with E-state index in [1.807, 2.05) is 29.6 Å². The van der Waals surface area contributed by atoms with E-state index in [0.717, 1.165) is 28.5 Å². The van der Waals surface area contributed by atoms with Crippen molar-refractivity contribution in [1.82, 2.24) is 5.32 Å². The highest BCUT2D eigenvalue weighted by molar-refractivity contribution is 7.13. The standard InChI is InChI=1S/C18H22FNS/c1-13-5-2-3-6-17(13)20-12-14-8-9-16(19)15(11-14)18-7-4-10-21-18/h4,7-11,13,17,20H,2-3,5-6,12H2,1H3. The third kappa shape index (κ3) is 3.53. The van der Waals surface area contributed by atoms with E-state index < -0.39 is 0 Å². The lowest BCUT2D eigenvalue weighted by molar-refractivity contribution is 0.279. The van der Waals surface area contributed by atoms with Gasteiger partial charge < -0.3 is 5.32 Å². The van der Waals surface area contributed by atoms with E-state index in [2.05, 4.69) is 12.2 Å². The summed E-state index contributed by atoms with van der Waals surface area (Å²) in [6.07, 6.45) is 5.27. The summed E-state index contributed by atoms with van der Waals surface area (Å²) in [5.41, 5.74) is 1.89. The Morgan fingerprint density at radius 1 is 1.24 bits per heavy atom. The summed E-state index contributed by atoms with van der Waals surface area (Å²) < 4.78 is 14.0. The molecule has 0 spiro atoms. The largest absolute Gasteiger partial charge is 0.310 e. The first-order chi connectivity index (χ1) is 10.2. The van der Waals surface area contributed by atoms with E-state index in [1.54, 1.807) is 17.4 Å². The van der Waals surface area contributed by atoms with Crippen molar-refractivity contribution < 1.29 is 4.39 Å². The quantitative estimate of drug-likeness (QED) is 0.816. The summed E-state index contributed by atoms with van der Waals surface area (Å²) >= 11 is 1.59. The van der Waals surface area contributed by atoms with E-state index in [9.17, 15) is 4.39 Å². The minimum atomic E-state index is -0.132. The molecular formula is C18H22FNS. The van der Waals surface area contributed by atoms with E-state index >= 15 is 0 Å². The van der Waals surface area contributed by atoms with Gasteiger partial charge in [0.1, 0.15) is 5.82 Å². The third-order valence-corrected chi connectivity index (χ3v) is 5.40. The molecule has 0 bridgehead atoms. The monoisotopic (exact) mass is 303 g/mol. The van der Waals surface area contributed by atoms with Crippen LogP contribution in [0.25, 0.3) is 10.4 Å². The molecule has 21 heavy (non-hydrogen) atoms. The molecule has 2 unspecified atom stereocenters. The van der Waals surface area contributed by atoms with Crippen LogP contribution in [0.2, 0.25) is 0 Å². The average molecular weight is 303 g/mol. The zero-order valence-electron chi connectivity index (χ0n) is 12.4. The Morgan fingerprint density at radius 2 is 2.10 bits per heavy atom. The Balaban J connectivity index is 1.70. The third-order valence-electron chi connectivity index (χ3n) is 4.50. The fraction of sp³-hybridized carbons (Fsp3) is 0.444. The molecule has 1 aliphatic carbocycles. The van der Waals surface area contributed by atoms with Gasteiger partial charge in [0.15, 0.2) is 0 Å². The van der Waals surface area contributed by atoms with Gasteiger partial charge in [-0.1, -0.05) is 31.9 Å². The number of hydrogen-bond acceptors (Lipinski definition) is 2. The van der Waals surface area contributed by atoms with Gasteiger partial charge in [0.05, 0.1) is 0 Å². The van der Waals surface area contributed by atoms with Gasteiger partial charge >= 0.3 is 0 Å². The Bertz CT molecular complexity index is 579. The first kappa shape index (κ1) is 14.7. The summed E-state index contributed by atoms with van der Waals surface area (Å²) in [6, 6.07) is 10.0. The van der Waals surface area contributed by atoms with Crippen LogP contribution in [0.15, 0.2) is 35.7 Å².